The number of anilines is 2. The molecule has 0 spiro atoms. The summed E-state index contributed by atoms with van der Waals surface area (Å²) in [5, 5.41) is 4.74. The van der Waals surface area contributed by atoms with E-state index in [1.54, 1.807) is 17.9 Å². The van der Waals surface area contributed by atoms with Gasteiger partial charge in [-0.1, -0.05) is 6.07 Å². The summed E-state index contributed by atoms with van der Waals surface area (Å²) >= 11 is 0. The van der Waals surface area contributed by atoms with Gasteiger partial charge in [-0.25, -0.2) is 0 Å². The lowest BCUT2D eigenvalue weighted by molar-refractivity contribution is -0.137. The molecular formula is C20H23F3N4O. The Labute approximate surface area is 161 Å². The highest BCUT2D eigenvalue weighted by Crippen LogP contribution is 2.40. The van der Waals surface area contributed by atoms with Crippen molar-refractivity contribution in [3.8, 4) is 0 Å². The molecule has 0 fully saturated rings. The molecule has 28 heavy (non-hydrogen) atoms. The second-order valence-corrected chi connectivity index (χ2v) is 7.35. The van der Waals surface area contributed by atoms with E-state index in [2.05, 4.69) is 0 Å². The normalized spacial score (nSPS) is 16.8. The van der Waals surface area contributed by atoms with Gasteiger partial charge >= 0.3 is 6.18 Å². The maximum absolute atomic E-state index is 13.3. The van der Waals surface area contributed by atoms with Crippen LogP contribution in [0.2, 0.25) is 0 Å². The minimum absolute atomic E-state index is 0.000694. The van der Waals surface area contributed by atoms with Crippen LogP contribution in [-0.4, -0.2) is 33.7 Å². The van der Waals surface area contributed by atoms with Gasteiger partial charge in [0.1, 0.15) is 0 Å². The van der Waals surface area contributed by atoms with Crippen LogP contribution in [0.1, 0.15) is 42.7 Å². The number of carbonyl (C=O) groups excluding carboxylic acids is 1. The second-order valence-electron chi connectivity index (χ2n) is 7.35. The lowest BCUT2D eigenvalue weighted by Crippen LogP contribution is -2.35. The average molecular weight is 392 g/mol. The molecule has 8 heteroatoms. The van der Waals surface area contributed by atoms with Gasteiger partial charge in [0.25, 0.3) is 0 Å². The van der Waals surface area contributed by atoms with Crippen LogP contribution in [0, 0.1) is 0 Å². The third kappa shape index (κ3) is 3.14. The number of nitrogens with zero attached hydrogens (tertiary/aromatic N) is 4. The first-order valence-electron chi connectivity index (χ1n) is 9.61. The van der Waals surface area contributed by atoms with Crippen molar-refractivity contribution < 1.29 is 18.0 Å². The first kappa shape index (κ1) is 18.8. The van der Waals surface area contributed by atoms with Crippen molar-refractivity contribution in [2.75, 3.05) is 18.0 Å². The fraction of sp³-hybridized carbons (Fsp3) is 0.500. The van der Waals surface area contributed by atoms with Gasteiger partial charge in [-0.3, -0.25) is 9.48 Å². The van der Waals surface area contributed by atoms with Gasteiger partial charge in [0.15, 0.2) is 5.82 Å². The molecule has 0 bridgehead atoms. The molecule has 2 aromatic rings. The zero-order chi connectivity index (χ0) is 20.1. The molecule has 1 aromatic carbocycles. The number of hydrogen-bond acceptors (Lipinski definition) is 3. The van der Waals surface area contributed by atoms with Crippen LogP contribution in [0.5, 0.6) is 0 Å². The molecule has 0 saturated carbocycles. The van der Waals surface area contributed by atoms with Crippen molar-refractivity contribution in [3.05, 3.63) is 40.6 Å². The monoisotopic (exact) mass is 392 g/mol. The van der Waals surface area contributed by atoms with E-state index in [0.717, 1.165) is 35.7 Å². The predicted molar refractivity (Wildman–Crippen MR) is 99.5 cm³/mol. The van der Waals surface area contributed by atoms with Gasteiger partial charge in [-0.15, -0.1) is 0 Å². The number of alkyl halides is 3. The van der Waals surface area contributed by atoms with Crippen molar-refractivity contribution >= 4 is 17.4 Å². The summed E-state index contributed by atoms with van der Waals surface area (Å²) in [5.74, 6) is 0.683. The Morgan fingerprint density at radius 2 is 2.00 bits per heavy atom. The van der Waals surface area contributed by atoms with E-state index in [1.165, 1.54) is 6.07 Å². The lowest BCUT2D eigenvalue weighted by Gasteiger charge is -2.33. The number of halogens is 3. The molecule has 0 aliphatic carbocycles. The first-order valence-corrected chi connectivity index (χ1v) is 9.61. The number of carbonyl (C=O) groups is 1. The van der Waals surface area contributed by atoms with Crippen LogP contribution in [0.3, 0.4) is 0 Å². The topological polar surface area (TPSA) is 41.4 Å². The summed E-state index contributed by atoms with van der Waals surface area (Å²) in [4.78, 5) is 15.6. The number of rotatable bonds is 2. The molecule has 3 heterocycles. The SMILES string of the molecule is CCn1nc(N2CCCc3ccc(C(F)(F)F)cc32)c2c1CCN(C(C)=O)C2. The van der Waals surface area contributed by atoms with E-state index in [4.69, 9.17) is 5.10 Å². The van der Waals surface area contributed by atoms with Crippen LogP contribution in [0.25, 0.3) is 0 Å². The van der Waals surface area contributed by atoms with E-state index in [9.17, 15) is 18.0 Å². The third-order valence-corrected chi connectivity index (χ3v) is 5.64. The minimum Gasteiger partial charge on any atom is -0.338 e. The van der Waals surface area contributed by atoms with Gasteiger partial charge in [-0.05, 0) is 37.5 Å². The van der Waals surface area contributed by atoms with E-state index in [1.807, 2.05) is 16.5 Å². The van der Waals surface area contributed by atoms with Gasteiger partial charge in [0, 0.05) is 49.9 Å². The van der Waals surface area contributed by atoms with Crippen LogP contribution in [-0.2, 0) is 36.9 Å². The van der Waals surface area contributed by atoms with Gasteiger partial charge in [0.2, 0.25) is 5.91 Å². The lowest BCUT2D eigenvalue weighted by atomic mass is 9.98. The largest absolute Gasteiger partial charge is 0.416 e. The molecule has 0 atom stereocenters. The minimum atomic E-state index is -4.38. The number of amides is 1. The second kappa shape index (κ2) is 6.83. The number of benzene rings is 1. The van der Waals surface area contributed by atoms with Crippen LogP contribution in [0.15, 0.2) is 18.2 Å². The van der Waals surface area contributed by atoms with Crippen molar-refractivity contribution in [3.63, 3.8) is 0 Å². The van der Waals surface area contributed by atoms with Gasteiger partial charge < -0.3 is 9.80 Å². The molecule has 1 amide bonds. The number of hydrogen-bond donors (Lipinski definition) is 0. The average Bonchev–Trinajstić information content (AvgIpc) is 3.04. The Hall–Kier alpha value is -2.51. The Kier molecular flexibility index (Phi) is 4.59. The van der Waals surface area contributed by atoms with Crippen LogP contribution >= 0.6 is 0 Å². The third-order valence-electron chi connectivity index (χ3n) is 5.64. The van der Waals surface area contributed by atoms with E-state index < -0.39 is 11.7 Å². The summed E-state index contributed by atoms with van der Waals surface area (Å²) < 4.78 is 41.8. The Bertz CT molecular complexity index is 919. The van der Waals surface area contributed by atoms with Crippen LogP contribution < -0.4 is 4.90 Å². The van der Waals surface area contributed by atoms with Crippen molar-refractivity contribution in [1.82, 2.24) is 14.7 Å². The summed E-state index contributed by atoms with van der Waals surface area (Å²) in [6.45, 7) is 5.93. The highest BCUT2D eigenvalue weighted by atomic mass is 19.4. The van der Waals surface area contributed by atoms with Crippen molar-refractivity contribution in [2.45, 2.75) is 52.4 Å². The van der Waals surface area contributed by atoms with Gasteiger partial charge in [-0.2, -0.15) is 18.3 Å². The summed E-state index contributed by atoms with van der Waals surface area (Å²) in [5.41, 5.74) is 2.86. The highest BCUT2D eigenvalue weighted by Gasteiger charge is 2.34. The van der Waals surface area contributed by atoms with Crippen LogP contribution in [0.4, 0.5) is 24.7 Å². The molecule has 0 unspecified atom stereocenters. The maximum Gasteiger partial charge on any atom is 0.416 e. The fourth-order valence-corrected chi connectivity index (χ4v) is 4.19. The number of fused-ring (bicyclic) bond motifs is 2. The molecule has 2 aliphatic rings. The summed E-state index contributed by atoms with van der Waals surface area (Å²) in [6, 6.07) is 3.97. The molecule has 2 aliphatic heterocycles. The molecule has 4 rings (SSSR count). The molecule has 0 radical (unpaired) electrons. The van der Waals surface area contributed by atoms with Crippen molar-refractivity contribution in [2.24, 2.45) is 0 Å². The van der Waals surface area contributed by atoms with Gasteiger partial charge in [0.05, 0.1) is 12.1 Å². The smallest absolute Gasteiger partial charge is 0.338 e. The molecule has 0 N–H and O–H groups in total. The molecular weight excluding hydrogens is 369 g/mol. The molecule has 1 aromatic heterocycles. The Balaban J connectivity index is 1.81. The number of aromatic nitrogens is 2. The fourth-order valence-electron chi connectivity index (χ4n) is 4.19. The van der Waals surface area contributed by atoms with E-state index in [0.29, 0.717) is 44.1 Å². The molecule has 150 valence electrons. The first-order chi connectivity index (χ1) is 13.3. The molecule has 0 saturated heterocycles. The van der Waals surface area contributed by atoms with E-state index >= 15 is 0 Å². The standard InChI is InChI=1S/C20H23F3N4O/c1-3-27-17-8-10-25(13(2)28)12-16(17)19(24-27)26-9-4-5-14-6-7-15(11-18(14)26)20(21,22)23/h6-7,11H,3-5,8-10,12H2,1-2H3. The zero-order valence-corrected chi connectivity index (χ0v) is 16.0. The number of aryl methyl sites for hydroxylation is 2. The highest BCUT2D eigenvalue weighted by molar-refractivity contribution is 5.75. The quantitative estimate of drug-likeness (QED) is 0.778. The van der Waals surface area contributed by atoms with E-state index in [-0.39, 0.29) is 5.91 Å². The Morgan fingerprint density at radius 3 is 2.68 bits per heavy atom. The zero-order valence-electron chi connectivity index (χ0n) is 16.0. The summed E-state index contributed by atoms with van der Waals surface area (Å²) in [7, 11) is 0. The summed E-state index contributed by atoms with van der Waals surface area (Å²) in [6.07, 6.45) is -2.08. The maximum atomic E-state index is 13.3. The predicted octanol–water partition coefficient (Wildman–Crippen LogP) is 3.91. The van der Waals surface area contributed by atoms with Crippen molar-refractivity contribution in [1.29, 1.82) is 0 Å². The molecule has 5 nitrogen and oxygen atoms in total. The Morgan fingerprint density at radius 1 is 1.21 bits per heavy atom.